The second-order valence-corrected chi connectivity index (χ2v) is 10.0. The molecule has 1 aliphatic rings. The van der Waals surface area contributed by atoms with Crippen LogP contribution in [0.2, 0.25) is 0 Å². The van der Waals surface area contributed by atoms with Crippen LogP contribution >= 0.6 is 0 Å². The van der Waals surface area contributed by atoms with Crippen LogP contribution in [-0.2, 0) is 16.8 Å². The molecule has 186 valence electrons. The zero-order chi connectivity index (χ0) is 25.4. The van der Waals surface area contributed by atoms with Gasteiger partial charge in [-0.2, -0.15) is 0 Å². The Balaban J connectivity index is 1.33. The van der Waals surface area contributed by atoms with Gasteiger partial charge in [-0.1, -0.05) is 38.1 Å². The van der Waals surface area contributed by atoms with Crippen molar-refractivity contribution in [3.05, 3.63) is 65.2 Å². The summed E-state index contributed by atoms with van der Waals surface area (Å²) in [7, 11) is 0. The topological polar surface area (TPSA) is 126 Å². The molecule has 0 spiro atoms. The normalized spacial score (nSPS) is 16.2. The monoisotopic (exact) mass is 490 g/mol. The van der Waals surface area contributed by atoms with Gasteiger partial charge in [0.15, 0.2) is 11.3 Å². The minimum atomic E-state index is -0.447. The third kappa shape index (κ3) is 4.71. The molecule has 36 heavy (non-hydrogen) atoms. The number of nitrogens with one attached hydrogen (secondary N) is 3. The third-order valence-electron chi connectivity index (χ3n) is 6.33. The summed E-state index contributed by atoms with van der Waals surface area (Å²) >= 11 is 0. The number of carbonyl (C=O) groups excluding carboxylic acids is 2. The van der Waals surface area contributed by atoms with Gasteiger partial charge in [0.05, 0.1) is 5.52 Å². The van der Waals surface area contributed by atoms with Crippen LogP contribution in [0.25, 0.3) is 22.3 Å². The van der Waals surface area contributed by atoms with Crippen LogP contribution in [0.15, 0.2) is 41.1 Å². The van der Waals surface area contributed by atoms with Gasteiger partial charge in [-0.15, -0.1) is 0 Å². The first-order chi connectivity index (χ1) is 17.2. The average Bonchev–Trinajstić information content (AvgIpc) is 3.51. The molecule has 4 heterocycles. The molecule has 3 N–H and O–H groups in total. The van der Waals surface area contributed by atoms with Crippen LogP contribution in [0.1, 0.15) is 67.2 Å². The van der Waals surface area contributed by atoms with Crippen molar-refractivity contribution in [3.8, 4) is 11.1 Å². The second kappa shape index (κ2) is 9.18. The summed E-state index contributed by atoms with van der Waals surface area (Å²) < 4.78 is 20.3. The molecule has 5 rings (SSSR count). The highest BCUT2D eigenvalue weighted by atomic mass is 19.1. The Morgan fingerprint density at radius 1 is 1.25 bits per heavy atom. The predicted octanol–water partition coefficient (Wildman–Crippen LogP) is 3.97. The van der Waals surface area contributed by atoms with Crippen molar-refractivity contribution in [3.63, 3.8) is 0 Å². The molecule has 0 saturated carbocycles. The fraction of sp³-hybridized carbons (Fsp3) is 0.346. The number of carbonyl (C=O) groups is 2. The van der Waals surface area contributed by atoms with Gasteiger partial charge in [0.2, 0.25) is 5.91 Å². The summed E-state index contributed by atoms with van der Waals surface area (Å²) in [5.41, 5.74) is 2.85. The molecule has 1 atom stereocenters. The molecule has 4 aromatic rings. The smallest absolute Gasteiger partial charge is 0.273 e. The lowest BCUT2D eigenvalue weighted by Gasteiger charge is -2.19. The molecule has 0 aliphatic carbocycles. The predicted molar refractivity (Wildman–Crippen MR) is 131 cm³/mol. The zero-order valence-corrected chi connectivity index (χ0v) is 20.3. The Bertz CT molecular complexity index is 1450. The number of halogens is 1. The standard InChI is InChI=1S/C26H27FN6O3/c1-26(2,3)20-12-19(33-36-20)25(35)30-13-16-5-4-14(10-18(16)27)17-7-9-29-24-22(17)31-23(32-24)15-6-8-28-21(34)11-15/h4-5,7,9-10,12,15H,6,8,11,13H2,1-3H3,(H,28,34)(H,30,35)(H,29,31,32). The van der Waals surface area contributed by atoms with Crippen molar-refractivity contribution in [1.82, 2.24) is 30.7 Å². The molecule has 1 aliphatic heterocycles. The number of benzene rings is 1. The largest absolute Gasteiger partial charge is 0.360 e. The van der Waals surface area contributed by atoms with Gasteiger partial charge in [0, 0.05) is 54.2 Å². The van der Waals surface area contributed by atoms with Gasteiger partial charge >= 0.3 is 0 Å². The van der Waals surface area contributed by atoms with Crippen LogP contribution in [-0.4, -0.2) is 38.5 Å². The third-order valence-corrected chi connectivity index (χ3v) is 6.33. The van der Waals surface area contributed by atoms with Crippen LogP contribution < -0.4 is 10.6 Å². The molecule has 0 radical (unpaired) electrons. The molecule has 0 bridgehead atoms. The first-order valence-electron chi connectivity index (χ1n) is 11.8. The van der Waals surface area contributed by atoms with E-state index in [0.717, 1.165) is 12.0 Å². The minimum Gasteiger partial charge on any atom is -0.360 e. The molecule has 1 fully saturated rings. The maximum absolute atomic E-state index is 15.0. The van der Waals surface area contributed by atoms with E-state index in [1.807, 2.05) is 20.8 Å². The van der Waals surface area contributed by atoms with Gasteiger partial charge in [-0.3, -0.25) is 9.59 Å². The minimum absolute atomic E-state index is 0.00262. The summed E-state index contributed by atoms with van der Waals surface area (Å²) in [5.74, 6) is 0.421. The molecule has 10 heteroatoms. The van der Waals surface area contributed by atoms with E-state index < -0.39 is 11.7 Å². The van der Waals surface area contributed by atoms with Gasteiger partial charge in [-0.05, 0) is 24.1 Å². The van der Waals surface area contributed by atoms with Gasteiger partial charge in [0.25, 0.3) is 5.91 Å². The lowest BCUT2D eigenvalue weighted by Crippen LogP contribution is -2.32. The van der Waals surface area contributed by atoms with Crippen molar-refractivity contribution in [2.24, 2.45) is 0 Å². The molecular formula is C26H27FN6O3. The highest BCUT2D eigenvalue weighted by Gasteiger charge is 2.25. The quantitative estimate of drug-likeness (QED) is 0.389. The zero-order valence-electron chi connectivity index (χ0n) is 20.3. The van der Waals surface area contributed by atoms with E-state index >= 15 is 4.39 Å². The number of H-pyrrole nitrogens is 1. The summed E-state index contributed by atoms with van der Waals surface area (Å²) in [6, 6.07) is 8.26. The lowest BCUT2D eigenvalue weighted by atomic mass is 9.93. The fourth-order valence-corrected chi connectivity index (χ4v) is 4.24. The first-order valence-corrected chi connectivity index (χ1v) is 11.8. The van der Waals surface area contributed by atoms with Crippen molar-refractivity contribution in [1.29, 1.82) is 0 Å². The lowest BCUT2D eigenvalue weighted by molar-refractivity contribution is -0.122. The number of pyridine rings is 1. The average molecular weight is 491 g/mol. The Morgan fingerprint density at radius 2 is 2.08 bits per heavy atom. The summed E-state index contributed by atoms with van der Waals surface area (Å²) in [6.45, 7) is 6.49. The van der Waals surface area contributed by atoms with E-state index in [0.29, 0.717) is 46.8 Å². The van der Waals surface area contributed by atoms with Crippen molar-refractivity contribution in [2.75, 3.05) is 6.54 Å². The number of fused-ring (bicyclic) bond motifs is 1. The number of aromatic nitrogens is 4. The number of amides is 2. The van der Waals surface area contributed by atoms with Crippen LogP contribution in [0.3, 0.4) is 0 Å². The molecule has 9 nitrogen and oxygen atoms in total. The Morgan fingerprint density at radius 3 is 2.81 bits per heavy atom. The summed E-state index contributed by atoms with van der Waals surface area (Å²) in [6.07, 6.45) is 2.80. The molecule has 2 amide bonds. The summed E-state index contributed by atoms with van der Waals surface area (Å²) in [4.78, 5) is 36.5. The van der Waals surface area contributed by atoms with Gasteiger partial charge in [0.1, 0.15) is 17.4 Å². The highest BCUT2D eigenvalue weighted by molar-refractivity contribution is 5.92. The fourth-order valence-electron chi connectivity index (χ4n) is 4.24. The molecule has 3 aromatic heterocycles. The second-order valence-electron chi connectivity index (χ2n) is 10.0. The molecule has 1 unspecified atom stereocenters. The van der Waals surface area contributed by atoms with Gasteiger partial charge in [-0.25, -0.2) is 14.4 Å². The van der Waals surface area contributed by atoms with E-state index in [1.165, 1.54) is 6.07 Å². The SMILES string of the molecule is CC(C)(C)c1cc(C(=O)NCc2ccc(-c3ccnc4nc(C5CCNC(=O)C5)[nH]c34)cc2F)no1. The Labute approximate surface area is 206 Å². The number of hydrogen-bond donors (Lipinski definition) is 3. The van der Waals surface area contributed by atoms with E-state index in [4.69, 9.17) is 4.52 Å². The van der Waals surface area contributed by atoms with Crippen molar-refractivity contribution >= 4 is 23.0 Å². The van der Waals surface area contributed by atoms with E-state index in [9.17, 15) is 9.59 Å². The molecule has 1 saturated heterocycles. The number of rotatable bonds is 5. The van der Waals surface area contributed by atoms with E-state index in [1.54, 1.807) is 30.5 Å². The van der Waals surface area contributed by atoms with Crippen molar-refractivity contribution in [2.45, 2.75) is 51.5 Å². The Hall–Kier alpha value is -4.08. The van der Waals surface area contributed by atoms with Crippen molar-refractivity contribution < 1.29 is 18.5 Å². The number of hydrogen-bond acceptors (Lipinski definition) is 6. The van der Waals surface area contributed by atoms with Crippen LogP contribution in [0.4, 0.5) is 4.39 Å². The Kier molecular flexibility index (Phi) is 6.03. The number of aromatic amines is 1. The molecular weight excluding hydrogens is 463 g/mol. The number of imidazole rings is 1. The summed E-state index contributed by atoms with van der Waals surface area (Å²) in [5, 5.41) is 9.34. The van der Waals surface area contributed by atoms with E-state index in [-0.39, 0.29) is 29.5 Å². The van der Waals surface area contributed by atoms with Gasteiger partial charge < -0.3 is 20.1 Å². The maximum atomic E-state index is 15.0. The maximum Gasteiger partial charge on any atom is 0.273 e. The van der Waals surface area contributed by atoms with Crippen LogP contribution in [0.5, 0.6) is 0 Å². The van der Waals surface area contributed by atoms with Crippen LogP contribution in [0, 0.1) is 5.82 Å². The van der Waals surface area contributed by atoms with E-state index in [2.05, 4.69) is 30.7 Å². The number of nitrogens with zero attached hydrogens (tertiary/aromatic N) is 3. The molecule has 1 aromatic carbocycles. The first kappa shape index (κ1) is 23.7. The number of piperidine rings is 1. The highest BCUT2D eigenvalue weighted by Crippen LogP contribution is 2.31.